The summed E-state index contributed by atoms with van der Waals surface area (Å²) in [4.78, 5) is 0.743. The fraction of sp³-hybridized carbons (Fsp3) is 1.00. The van der Waals surface area contributed by atoms with Gasteiger partial charge in [-0.3, -0.25) is 0 Å². The van der Waals surface area contributed by atoms with E-state index in [4.69, 9.17) is 5.11 Å². The molecule has 2 aliphatic carbocycles. The maximum atomic E-state index is 8.68. The molecule has 0 saturated heterocycles. The van der Waals surface area contributed by atoms with Crippen LogP contribution in [0.3, 0.4) is 0 Å². The van der Waals surface area contributed by atoms with Gasteiger partial charge in [-0.15, -0.1) is 0 Å². The van der Waals surface area contributed by atoms with Gasteiger partial charge in [0.25, 0.3) is 0 Å². The third-order valence-corrected chi connectivity index (χ3v) is 3.76. The largest absolute Gasteiger partial charge is 0.396 e. The van der Waals surface area contributed by atoms with Crippen LogP contribution in [-0.2, 0) is 0 Å². The Bertz CT molecular complexity index is 126. The van der Waals surface area contributed by atoms with Crippen LogP contribution in [0, 0.1) is 11.3 Å². The van der Waals surface area contributed by atoms with E-state index >= 15 is 0 Å². The van der Waals surface area contributed by atoms with E-state index in [0.717, 1.165) is 4.83 Å². The lowest BCUT2D eigenvalue weighted by molar-refractivity contribution is 0.267. The van der Waals surface area contributed by atoms with Gasteiger partial charge in [0.15, 0.2) is 0 Å². The minimum absolute atomic E-state index is 0.405. The summed E-state index contributed by atoms with van der Waals surface area (Å²) in [6, 6.07) is 0. The molecule has 3 atom stereocenters. The maximum absolute atomic E-state index is 8.68. The summed E-state index contributed by atoms with van der Waals surface area (Å²) >= 11 is 3.54. The van der Waals surface area contributed by atoms with Crippen LogP contribution < -0.4 is 0 Å². The van der Waals surface area contributed by atoms with Crippen molar-refractivity contribution in [3.05, 3.63) is 0 Å². The summed E-state index contributed by atoms with van der Waals surface area (Å²) < 4.78 is 0. The zero-order valence-corrected chi connectivity index (χ0v) is 6.19. The number of hydrogen-bond acceptors (Lipinski definition) is 1. The van der Waals surface area contributed by atoms with Gasteiger partial charge in [0.1, 0.15) is 0 Å². The lowest BCUT2D eigenvalue weighted by Crippen LogP contribution is -1.88. The Kier molecular flexibility index (Phi) is 0.848. The minimum Gasteiger partial charge on any atom is -0.396 e. The van der Waals surface area contributed by atoms with Gasteiger partial charge in [-0.05, 0) is 24.2 Å². The lowest BCUT2D eigenvalue weighted by Gasteiger charge is -1.84. The van der Waals surface area contributed by atoms with Crippen molar-refractivity contribution in [2.45, 2.75) is 17.7 Å². The van der Waals surface area contributed by atoms with E-state index in [-0.39, 0.29) is 0 Å². The Morgan fingerprint density at radius 2 is 2.25 bits per heavy atom. The molecule has 0 amide bonds. The topological polar surface area (TPSA) is 20.2 Å². The summed E-state index contributed by atoms with van der Waals surface area (Å²) in [5.41, 5.74) is 0.592. The van der Waals surface area contributed by atoms with Crippen molar-refractivity contribution in [2.75, 3.05) is 6.61 Å². The molecule has 2 fully saturated rings. The van der Waals surface area contributed by atoms with Gasteiger partial charge in [-0.2, -0.15) is 0 Å². The summed E-state index contributed by atoms with van der Waals surface area (Å²) in [6.07, 6.45) is 2.57. The normalized spacial score (nSPS) is 59.2. The molecule has 1 spiro atoms. The van der Waals surface area contributed by atoms with Crippen LogP contribution in [0.25, 0.3) is 0 Å². The van der Waals surface area contributed by atoms with E-state index in [1.54, 1.807) is 0 Å². The zero-order chi connectivity index (χ0) is 5.78. The van der Waals surface area contributed by atoms with Crippen LogP contribution in [-0.4, -0.2) is 16.5 Å². The monoisotopic (exact) mass is 176 g/mol. The number of alkyl halides is 1. The molecule has 8 heavy (non-hydrogen) atoms. The van der Waals surface area contributed by atoms with Gasteiger partial charge in [-0.1, -0.05) is 15.9 Å². The highest BCUT2D eigenvalue weighted by molar-refractivity contribution is 9.09. The zero-order valence-electron chi connectivity index (χ0n) is 4.60. The molecule has 0 unspecified atom stereocenters. The molecule has 0 aromatic carbocycles. The van der Waals surface area contributed by atoms with Crippen molar-refractivity contribution in [1.82, 2.24) is 0 Å². The van der Waals surface area contributed by atoms with Gasteiger partial charge < -0.3 is 5.11 Å². The maximum Gasteiger partial charge on any atom is 0.0465 e. The Morgan fingerprint density at radius 1 is 1.62 bits per heavy atom. The highest BCUT2D eigenvalue weighted by Crippen LogP contribution is 2.73. The van der Waals surface area contributed by atoms with Crippen LogP contribution in [0.1, 0.15) is 12.8 Å². The second kappa shape index (κ2) is 1.29. The minimum atomic E-state index is 0.405. The molecule has 0 aromatic rings. The first-order valence-corrected chi connectivity index (χ1v) is 3.96. The number of halogens is 1. The number of hydrogen-bond donors (Lipinski definition) is 1. The van der Waals surface area contributed by atoms with Crippen LogP contribution in [0.15, 0.2) is 0 Å². The highest BCUT2D eigenvalue weighted by atomic mass is 79.9. The Morgan fingerprint density at radius 3 is 2.38 bits per heavy atom. The van der Waals surface area contributed by atoms with Crippen molar-refractivity contribution in [3.8, 4) is 0 Å². The molecular formula is C6H9BrO. The molecule has 0 radical (unpaired) electrons. The molecule has 46 valence electrons. The molecule has 1 nitrogen and oxygen atoms in total. The molecule has 2 saturated carbocycles. The van der Waals surface area contributed by atoms with Gasteiger partial charge in [-0.25, -0.2) is 0 Å². The second-order valence-corrected chi connectivity index (χ2v) is 4.09. The quantitative estimate of drug-likeness (QED) is 0.595. The summed E-state index contributed by atoms with van der Waals surface area (Å²) in [5, 5.41) is 8.68. The molecule has 2 aliphatic rings. The van der Waals surface area contributed by atoms with Crippen LogP contribution >= 0.6 is 15.9 Å². The van der Waals surface area contributed by atoms with Gasteiger partial charge in [0, 0.05) is 11.4 Å². The molecule has 0 aromatic heterocycles. The van der Waals surface area contributed by atoms with Gasteiger partial charge >= 0.3 is 0 Å². The lowest BCUT2D eigenvalue weighted by atomic mass is 10.3. The van der Waals surface area contributed by atoms with E-state index in [2.05, 4.69) is 15.9 Å². The third kappa shape index (κ3) is 0.456. The van der Waals surface area contributed by atoms with Crippen LogP contribution in [0.4, 0.5) is 0 Å². The molecule has 2 rings (SSSR count). The average Bonchev–Trinajstić information content (AvgIpc) is 2.55. The SMILES string of the molecule is OC[C@@H]1C[C@]12C[C@H]2Br. The van der Waals surface area contributed by atoms with Crippen molar-refractivity contribution >= 4 is 15.9 Å². The predicted octanol–water partition coefficient (Wildman–Crippen LogP) is 1.15. The smallest absolute Gasteiger partial charge is 0.0465 e. The van der Waals surface area contributed by atoms with E-state index in [1.807, 2.05) is 0 Å². The summed E-state index contributed by atoms with van der Waals surface area (Å²) in [7, 11) is 0. The van der Waals surface area contributed by atoms with Gasteiger partial charge in [0.2, 0.25) is 0 Å². The average molecular weight is 177 g/mol. The Balaban J connectivity index is 1.97. The fourth-order valence-electron chi connectivity index (χ4n) is 1.55. The fourth-order valence-corrected chi connectivity index (χ4v) is 2.72. The first-order valence-electron chi connectivity index (χ1n) is 3.04. The van der Waals surface area contributed by atoms with Crippen molar-refractivity contribution in [1.29, 1.82) is 0 Å². The van der Waals surface area contributed by atoms with E-state index < -0.39 is 0 Å². The summed E-state index contributed by atoms with van der Waals surface area (Å²) in [5.74, 6) is 0.645. The molecule has 1 N–H and O–H groups in total. The molecular weight excluding hydrogens is 168 g/mol. The molecule has 0 heterocycles. The van der Waals surface area contributed by atoms with Gasteiger partial charge in [0.05, 0.1) is 0 Å². The number of aliphatic hydroxyl groups is 1. The van der Waals surface area contributed by atoms with Crippen molar-refractivity contribution in [2.24, 2.45) is 11.3 Å². The Labute approximate surface area is 57.2 Å². The van der Waals surface area contributed by atoms with Crippen LogP contribution in [0.5, 0.6) is 0 Å². The first kappa shape index (κ1) is 5.24. The third-order valence-electron chi connectivity index (χ3n) is 2.52. The first-order chi connectivity index (χ1) is 3.79. The Hall–Kier alpha value is 0.440. The van der Waals surface area contributed by atoms with E-state index in [0.29, 0.717) is 17.9 Å². The second-order valence-electron chi connectivity index (χ2n) is 2.99. The van der Waals surface area contributed by atoms with E-state index in [9.17, 15) is 0 Å². The molecule has 0 bridgehead atoms. The molecule has 0 aliphatic heterocycles. The number of rotatable bonds is 1. The van der Waals surface area contributed by atoms with Crippen molar-refractivity contribution in [3.63, 3.8) is 0 Å². The molecule has 2 heteroatoms. The predicted molar refractivity (Wildman–Crippen MR) is 35.0 cm³/mol. The van der Waals surface area contributed by atoms with Crippen molar-refractivity contribution < 1.29 is 5.11 Å². The standard InChI is InChI=1S/C6H9BrO/c7-5-2-6(5)1-4(6)3-8/h4-5,8H,1-3H2/t4-,5+,6-/m0/s1. The summed E-state index contributed by atoms with van der Waals surface area (Å²) in [6.45, 7) is 0.405. The highest BCUT2D eigenvalue weighted by Gasteiger charge is 2.68. The van der Waals surface area contributed by atoms with E-state index in [1.165, 1.54) is 12.8 Å². The van der Waals surface area contributed by atoms with Crippen LogP contribution in [0.2, 0.25) is 0 Å². The number of aliphatic hydroxyl groups excluding tert-OH is 1.